The highest BCUT2D eigenvalue weighted by atomic mass is 32.2. The van der Waals surface area contributed by atoms with Crippen molar-refractivity contribution >= 4 is 25.5 Å². The van der Waals surface area contributed by atoms with Crippen molar-refractivity contribution in [2.75, 3.05) is 37.0 Å². The van der Waals surface area contributed by atoms with Crippen LogP contribution in [-0.2, 0) is 19.9 Å². The number of benzene rings is 1. The molecule has 0 radical (unpaired) electrons. The molecule has 118 valence electrons. The minimum atomic E-state index is -3.17. The van der Waals surface area contributed by atoms with Crippen molar-refractivity contribution in [1.29, 1.82) is 0 Å². The number of nitrogens with one attached hydrogen (secondary N) is 1. The molecule has 1 aromatic rings. The Labute approximate surface area is 126 Å². The molecular weight excluding hydrogens is 312 g/mol. The molecule has 1 saturated heterocycles. The Morgan fingerprint density at radius 3 is 2.19 bits per heavy atom. The number of sulfonamides is 1. The fourth-order valence-electron chi connectivity index (χ4n) is 2.14. The third kappa shape index (κ3) is 3.96. The third-order valence-corrected chi connectivity index (χ3v) is 6.50. The van der Waals surface area contributed by atoms with E-state index in [2.05, 4.69) is 5.32 Å². The fraction of sp³-hybridized carbons (Fsp3) is 0.538. The first-order valence-corrected chi connectivity index (χ1v) is 10.2. The third-order valence-electron chi connectivity index (χ3n) is 3.56. The van der Waals surface area contributed by atoms with Crippen LogP contribution in [-0.4, -0.2) is 52.8 Å². The second kappa shape index (κ2) is 5.94. The average molecular weight is 332 g/mol. The van der Waals surface area contributed by atoms with Crippen molar-refractivity contribution in [2.45, 2.75) is 11.8 Å². The van der Waals surface area contributed by atoms with Gasteiger partial charge in [0.25, 0.3) is 0 Å². The molecule has 0 amide bonds. The van der Waals surface area contributed by atoms with Gasteiger partial charge in [0.05, 0.1) is 10.6 Å². The van der Waals surface area contributed by atoms with Gasteiger partial charge in [-0.05, 0) is 31.2 Å². The van der Waals surface area contributed by atoms with Crippen molar-refractivity contribution < 1.29 is 16.8 Å². The van der Waals surface area contributed by atoms with Crippen LogP contribution in [0.1, 0.15) is 6.92 Å². The van der Waals surface area contributed by atoms with Crippen molar-refractivity contribution in [3.8, 4) is 0 Å². The Balaban J connectivity index is 1.83. The van der Waals surface area contributed by atoms with Crippen LogP contribution in [0.3, 0.4) is 0 Å². The molecule has 1 fully saturated rings. The summed E-state index contributed by atoms with van der Waals surface area (Å²) in [4.78, 5) is 0.289. The average Bonchev–Trinajstić information content (AvgIpc) is 2.36. The second-order valence-corrected chi connectivity index (χ2v) is 9.53. The lowest BCUT2D eigenvalue weighted by Gasteiger charge is -2.38. The van der Waals surface area contributed by atoms with E-state index in [4.69, 9.17) is 0 Å². The number of hydrogen-bond donors (Lipinski definition) is 1. The van der Waals surface area contributed by atoms with Crippen LogP contribution in [0, 0.1) is 5.92 Å². The molecule has 1 aromatic carbocycles. The van der Waals surface area contributed by atoms with E-state index in [0.717, 1.165) is 5.69 Å². The quantitative estimate of drug-likeness (QED) is 0.832. The molecule has 1 aliphatic heterocycles. The van der Waals surface area contributed by atoms with Crippen molar-refractivity contribution in [3.63, 3.8) is 0 Å². The smallest absolute Gasteiger partial charge is 0.213 e. The van der Waals surface area contributed by atoms with Gasteiger partial charge in [-0.25, -0.2) is 21.1 Å². The maximum absolute atomic E-state index is 11.6. The van der Waals surface area contributed by atoms with Gasteiger partial charge in [-0.3, -0.25) is 0 Å². The number of anilines is 1. The summed E-state index contributed by atoms with van der Waals surface area (Å²) in [6.45, 7) is 3.41. The molecule has 2 rings (SSSR count). The zero-order valence-corrected chi connectivity index (χ0v) is 13.7. The molecule has 0 spiro atoms. The normalized spacial score (nSPS) is 17.4. The van der Waals surface area contributed by atoms with Gasteiger partial charge in [0.1, 0.15) is 0 Å². The molecular formula is C13H20N2O4S2. The predicted octanol–water partition coefficient (Wildman–Crippen LogP) is 0.783. The van der Waals surface area contributed by atoms with E-state index in [1.54, 1.807) is 31.2 Å². The standard InChI is InChI=1S/C13H20N2O4S2/c1-3-21(18,19)15-9-11(10-15)8-14-12-4-6-13(7-5-12)20(2,16)17/h4-7,11,14H,3,8-10H2,1-2H3. The van der Waals surface area contributed by atoms with Gasteiger partial charge in [0.15, 0.2) is 9.84 Å². The SMILES string of the molecule is CCS(=O)(=O)N1CC(CNc2ccc(S(C)(=O)=O)cc2)C1. The molecule has 0 saturated carbocycles. The van der Waals surface area contributed by atoms with Crippen LogP contribution in [0.5, 0.6) is 0 Å². The monoisotopic (exact) mass is 332 g/mol. The Hall–Kier alpha value is -1.12. The number of rotatable bonds is 6. The molecule has 6 nitrogen and oxygen atoms in total. The molecule has 21 heavy (non-hydrogen) atoms. The van der Waals surface area contributed by atoms with E-state index in [1.807, 2.05) is 0 Å². The lowest BCUT2D eigenvalue weighted by molar-refractivity contribution is 0.212. The van der Waals surface area contributed by atoms with Crippen LogP contribution in [0.4, 0.5) is 5.69 Å². The van der Waals surface area contributed by atoms with Gasteiger partial charge in [-0.15, -0.1) is 0 Å². The molecule has 0 aliphatic carbocycles. The highest BCUT2D eigenvalue weighted by Crippen LogP contribution is 2.21. The first-order valence-electron chi connectivity index (χ1n) is 6.74. The van der Waals surface area contributed by atoms with Crippen LogP contribution >= 0.6 is 0 Å². The van der Waals surface area contributed by atoms with Crippen molar-refractivity contribution in [2.24, 2.45) is 5.92 Å². The summed E-state index contributed by atoms with van der Waals surface area (Å²) in [7, 11) is -6.23. The topological polar surface area (TPSA) is 83.6 Å². The predicted molar refractivity (Wildman–Crippen MR) is 82.6 cm³/mol. The molecule has 0 unspecified atom stereocenters. The van der Waals surface area contributed by atoms with Crippen LogP contribution < -0.4 is 5.32 Å². The van der Waals surface area contributed by atoms with Gasteiger partial charge in [-0.2, -0.15) is 0 Å². The van der Waals surface area contributed by atoms with Gasteiger partial charge in [0.2, 0.25) is 10.0 Å². The Morgan fingerprint density at radius 1 is 1.14 bits per heavy atom. The van der Waals surface area contributed by atoms with E-state index in [-0.39, 0.29) is 10.6 Å². The Morgan fingerprint density at radius 2 is 1.71 bits per heavy atom. The van der Waals surface area contributed by atoms with Gasteiger partial charge in [-0.1, -0.05) is 0 Å². The molecule has 1 N–H and O–H groups in total. The lowest BCUT2D eigenvalue weighted by atomic mass is 10.0. The molecule has 0 aromatic heterocycles. The van der Waals surface area contributed by atoms with Crippen LogP contribution in [0.15, 0.2) is 29.2 Å². The molecule has 8 heteroatoms. The second-order valence-electron chi connectivity index (χ2n) is 5.26. The van der Waals surface area contributed by atoms with Gasteiger partial charge in [0, 0.05) is 37.5 Å². The summed E-state index contributed by atoms with van der Waals surface area (Å²) in [6.07, 6.45) is 1.17. The minimum Gasteiger partial charge on any atom is -0.385 e. The number of sulfone groups is 1. The summed E-state index contributed by atoms with van der Waals surface area (Å²) in [5.74, 6) is 0.431. The molecule has 1 aliphatic rings. The van der Waals surface area contributed by atoms with E-state index < -0.39 is 19.9 Å². The van der Waals surface area contributed by atoms with E-state index >= 15 is 0 Å². The number of hydrogen-bond acceptors (Lipinski definition) is 5. The summed E-state index contributed by atoms with van der Waals surface area (Å²) >= 11 is 0. The summed E-state index contributed by atoms with van der Waals surface area (Å²) in [5.41, 5.74) is 0.833. The molecule has 0 atom stereocenters. The Kier molecular flexibility index (Phi) is 4.60. The van der Waals surface area contributed by atoms with E-state index in [9.17, 15) is 16.8 Å². The summed E-state index contributed by atoms with van der Waals surface area (Å²) < 4.78 is 47.3. The lowest BCUT2D eigenvalue weighted by Crippen LogP contribution is -2.52. The van der Waals surface area contributed by atoms with Crippen LogP contribution in [0.2, 0.25) is 0 Å². The largest absolute Gasteiger partial charge is 0.385 e. The highest BCUT2D eigenvalue weighted by molar-refractivity contribution is 7.90. The van der Waals surface area contributed by atoms with Crippen molar-refractivity contribution in [3.05, 3.63) is 24.3 Å². The maximum Gasteiger partial charge on any atom is 0.213 e. The zero-order valence-electron chi connectivity index (χ0n) is 12.1. The first-order chi connectivity index (χ1) is 9.72. The summed E-state index contributed by atoms with van der Waals surface area (Å²) in [6, 6.07) is 6.56. The molecule has 0 bridgehead atoms. The van der Waals surface area contributed by atoms with Crippen LogP contribution in [0.25, 0.3) is 0 Å². The first kappa shape index (κ1) is 16.3. The highest BCUT2D eigenvalue weighted by Gasteiger charge is 2.34. The zero-order chi connectivity index (χ0) is 15.7. The fourth-order valence-corrected chi connectivity index (χ4v) is 4.01. The minimum absolute atomic E-state index is 0.139. The van der Waals surface area contributed by atoms with E-state index in [1.165, 1.54) is 10.6 Å². The molecule has 1 heterocycles. The van der Waals surface area contributed by atoms with Gasteiger partial charge >= 0.3 is 0 Å². The maximum atomic E-state index is 11.6. The summed E-state index contributed by atoms with van der Waals surface area (Å²) in [5, 5.41) is 3.20. The van der Waals surface area contributed by atoms with Gasteiger partial charge < -0.3 is 5.32 Å². The Bertz CT molecular complexity index is 690. The van der Waals surface area contributed by atoms with E-state index in [0.29, 0.717) is 25.6 Å². The van der Waals surface area contributed by atoms with Crippen molar-refractivity contribution in [1.82, 2.24) is 4.31 Å². The number of nitrogens with zero attached hydrogens (tertiary/aromatic N) is 1.